The molecule has 1 saturated heterocycles. The maximum absolute atomic E-state index is 12.2. The second-order valence-corrected chi connectivity index (χ2v) is 8.18. The van der Waals surface area contributed by atoms with Crippen LogP contribution in [0.3, 0.4) is 0 Å². The molecule has 0 aromatic carbocycles. The van der Waals surface area contributed by atoms with Crippen molar-refractivity contribution in [2.24, 2.45) is 5.92 Å². The lowest BCUT2D eigenvalue weighted by molar-refractivity contribution is -0.128. The van der Waals surface area contributed by atoms with E-state index in [0.717, 1.165) is 19.5 Å². The van der Waals surface area contributed by atoms with Gasteiger partial charge >= 0.3 is 0 Å². The van der Waals surface area contributed by atoms with E-state index in [2.05, 4.69) is 15.5 Å². The summed E-state index contributed by atoms with van der Waals surface area (Å²) in [4.78, 5) is 25.6. The Morgan fingerprint density at radius 3 is 2.84 bits per heavy atom. The lowest BCUT2D eigenvalue weighted by atomic mass is 9.89. The number of carbonyl (C=O) groups excluding carboxylic acids is 2. The van der Waals surface area contributed by atoms with Gasteiger partial charge in [-0.2, -0.15) is 0 Å². The van der Waals surface area contributed by atoms with Gasteiger partial charge < -0.3 is 14.6 Å². The Kier molecular flexibility index (Phi) is 6.34. The summed E-state index contributed by atoms with van der Waals surface area (Å²) in [5.74, 6) is 1.17. The van der Waals surface area contributed by atoms with Gasteiger partial charge in [0.05, 0.1) is 11.8 Å². The van der Waals surface area contributed by atoms with E-state index in [-0.39, 0.29) is 17.1 Å². The van der Waals surface area contributed by atoms with Crippen LogP contribution in [-0.4, -0.2) is 45.3 Å². The highest BCUT2D eigenvalue weighted by Crippen LogP contribution is 2.25. The highest BCUT2D eigenvalue weighted by molar-refractivity contribution is 8.00. The minimum absolute atomic E-state index is 0.00467. The normalized spacial score (nSPS) is 20.0. The summed E-state index contributed by atoms with van der Waals surface area (Å²) in [6.45, 7) is 3.70. The van der Waals surface area contributed by atoms with Crippen molar-refractivity contribution in [2.45, 2.75) is 68.9 Å². The molecular formula is C17H26N4O3S. The van der Waals surface area contributed by atoms with E-state index in [0.29, 0.717) is 30.0 Å². The molecule has 1 N–H and O–H groups in total. The summed E-state index contributed by atoms with van der Waals surface area (Å²) in [6, 6.07) is 0. The monoisotopic (exact) mass is 366 g/mol. The summed E-state index contributed by atoms with van der Waals surface area (Å²) in [6.07, 6.45) is 7.76. The second kappa shape index (κ2) is 8.69. The topological polar surface area (TPSA) is 88.3 Å². The third-order valence-corrected chi connectivity index (χ3v) is 5.82. The minimum Gasteiger partial charge on any atom is -0.414 e. The molecule has 2 amide bonds. The van der Waals surface area contributed by atoms with Gasteiger partial charge in [-0.1, -0.05) is 31.0 Å². The Labute approximate surface area is 152 Å². The Morgan fingerprint density at radius 2 is 2.12 bits per heavy atom. The average Bonchev–Trinajstić information content (AvgIpc) is 3.23. The number of nitrogens with zero attached hydrogens (tertiary/aromatic N) is 3. The third kappa shape index (κ3) is 5.20. The fourth-order valence-electron chi connectivity index (χ4n) is 3.37. The number of aromatic nitrogens is 2. The van der Waals surface area contributed by atoms with Crippen LogP contribution in [0.15, 0.2) is 9.64 Å². The van der Waals surface area contributed by atoms with E-state index in [1.807, 2.05) is 6.92 Å². The summed E-state index contributed by atoms with van der Waals surface area (Å²) >= 11 is 1.26. The number of amides is 2. The van der Waals surface area contributed by atoms with Crippen molar-refractivity contribution in [3.8, 4) is 0 Å². The van der Waals surface area contributed by atoms with Crippen molar-refractivity contribution >= 4 is 23.6 Å². The van der Waals surface area contributed by atoms with E-state index < -0.39 is 0 Å². The lowest BCUT2D eigenvalue weighted by Gasteiger charge is -2.22. The molecule has 1 aromatic rings. The number of hydrogen-bond donors (Lipinski definition) is 1. The highest BCUT2D eigenvalue weighted by Gasteiger charge is 2.24. The maximum atomic E-state index is 12.2. The Hall–Kier alpha value is -1.57. The molecule has 7 nitrogen and oxygen atoms in total. The average molecular weight is 366 g/mol. The summed E-state index contributed by atoms with van der Waals surface area (Å²) in [7, 11) is 0. The first-order chi connectivity index (χ1) is 12.1. The van der Waals surface area contributed by atoms with Crippen LogP contribution < -0.4 is 5.32 Å². The molecule has 1 aliphatic carbocycles. The SMILES string of the molecule is CC(Sc1nnc(CN2CCCC2=O)o1)C(=O)NCC1CCCCC1. The van der Waals surface area contributed by atoms with Gasteiger partial charge in [0.2, 0.25) is 17.7 Å². The van der Waals surface area contributed by atoms with Gasteiger partial charge in [-0.25, -0.2) is 0 Å². The number of thioether (sulfide) groups is 1. The van der Waals surface area contributed by atoms with Crippen LogP contribution in [0.5, 0.6) is 0 Å². The van der Waals surface area contributed by atoms with Crippen LogP contribution in [0.2, 0.25) is 0 Å². The molecule has 2 fully saturated rings. The quantitative estimate of drug-likeness (QED) is 0.745. The standard InChI is InChI=1S/C17H26N4O3S/c1-12(16(23)18-10-13-6-3-2-4-7-13)25-17-20-19-14(24-17)11-21-9-5-8-15(21)22/h12-13H,2-11H2,1H3,(H,18,23). The number of nitrogens with one attached hydrogen (secondary N) is 1. The van der Waals surface area contributed by atoms with Crippen molar-refractivity contribution in [3.05, 3.63) is 5.89 Å². The van der Waals surface area contributed by atoms with E-state index in [4.69, 9.17) is 4.42 Å². The molecule has 0 bridgehead atoms. The number of likely N-dealkylation sites (tertiary alicyclic amines) is 1. The van der Waals surface area contributed by atoms with Gasteiger partial charge in [-0.05, 0) is 32.1 Å². The molecule has 8 heteroatoms. The van der Waals surface area contributed by atoms with Crippen LogP contribution in [0.1, 0.15) is 57.8 Å². The van der Waals surface area contributed by atoms with E-state index in [1.165, 1.54) is 43.9 Å². The fourth-order valence-corrected chi connectivity index (χ4v) is 4.09. The third-order valence-electron chi connectivity index (χ3n) is 4.88. The predicted octanol–water partition coefficient (Wildman–Crippen LogP) is 2.37. The molecular weight excluding hydrogens is 340 g/mol. The van der Waals surface area contributed by atoms with Gasteiger partial charge in [0, 0.05) is 19.5 Å². The van der Waals surface area contributed by atoms with Gasteiger partial charge in [-0.15, -0.1) is 10.2 Å². The molecule has 0 radical (unpaired) electrons. The van der Waals surface area contributed by atoms with Crippen molar-refractivity contribution in [1.29, 1.82) is 0 Å². The Morgan fingerprint density at radius 1 is 1.32 bits per heavy atom. The minimum atomic E-state index is -0.287. The van der Waals surface area contributed by atoms with Crippen LogP contribution in [0.25, 0.3) is 0 Å². The van der Waals surface area contributed by atoms with E-state index in [1.54, 1.807) is 4.90 Å². The van der Waals surface area contributed by atoms with E-state index in [9.17, 15) is 9.59 Å². The number of carbonyl (C=O) groups is 2. The summed E-state index contributed by atoms with van der Waals surface area (Å²) in [5.41, 5.74) is 0. The van der Waals surface area contributed by atoms with Gasteiger partial charge in [-0.3, -0.25) is 9.59 Å². The van der Waals surface area contributed by atoms with Crippen molar-refractivity contribution in [1.82, 2.24) is 20.4 Å². The van der Waals surface area contributed by atoms with Crippen molar-refractivity contribution in [2.75, 3.05) is 13.1 Å². The molecule has 2 aliphatic rings. The second-order valence-electron chi connectivity index (χ2n) is 6.89. The number of hydrogen-bond acceptors (Lipinski definition) is 6. The molecule has 1 aliphatic heterocycles. The summed E-state index contributed by atoms with van der Waals surface area (Å²) < 4.78 is 5.58. The molecule has 2 heterocycles. The van der Waals surface area contributed by atoms with Crippen molar-refractivity contribution < 1.29 is 14.0 Å². The van der Waals surface area contributed by atoms with E-state index >= 15 is 0 Å². The van der Waals surface area contributed by atoms with Crippen LogP contribution >= 0.6 is 11.8 Å². The molecule has 1 saturated carbocycles. The zero-order chi connectivity index (χ0) is 17.6. The molecule has 1 aromatic heterocycles. The van der Waals surface area contributed by atoms with Gasteiger partial charge in [0.15, 0.2) is 0 Å². The maximum Gasteiger partial charge on any atom is 0.277 e. The Bertz CT molecular complexity index is 600. The van der Waals surface area contributed by atoms with Crippen LogP contribution in [0.4, 0.5) is 0 Å². The van der Waals surface area contributed by atoms with Gasteiger partial charge in [0.1, 0.15) is 0 Å². The molecule has 0 spiro atoms. The van der Waals surface area contributed by atoms with Crippen LogP contribution in [0, 0.1) is 5.92 Å². The fraction of sp³-hybridized carbons (Fsp3) is 0.765. The zero-order valence-electron chi connectivity index (χ0n) is 14.7. The first-order valence-electron chi connectivity index (χ1n) is 9.16. The first-order valence-corrected chi connectivity index (χ1v) is 10.0. The van der Waals surface area contributed by atoms with Gasteiger partial charge in [0.25, 0.3) is 5.22 Å². The first kappa shape index (κ1) is 18.2. The zero-order valence-corrected chi connectivity index (χ0v) is 15.5. The lowest BCUT2D eigenvalue weighted by Crippen LogP contribution is -2.35. The largest absolute Gasteiger partial charge is 0.414 e. The van der Waals surface area contributed by atoms with Crippen LogP contribution in [-0.2, 0) is 16.1 Å². The Balaban J connectivity index is 1.43. The highest BCUT2D eigenvalue weighted by atomic mass is 32.2. The summed E-state index contributed by atoms with van der Waals surface area (Å²) in [5, 5.41) is 11.1. The smallest absolute Gasteiger partial charge is 0.277 e. The molecule has 1 unspecified atom stereocenters. The van der Waals surface area contributed by atoms with Crippen molar-refractivity contribution in [3.63, 3.8) is 0 Å². The molecule has 1 atom stereocenters. The number of rotatable bonds is 7. The molecule has 3 rings (SSSR count). The molecule has 138 valence electrons. The molecule has 25 heavy (non-hydrogen) atoms. The predicted molar refractivity (Wildman–Crippen MR) is 93.9 cm³/mol.